The molecule has 0 saturated carbocycles. The van der Waals surface area contributed by atoms with Crippen LogP contribution >= 0.6 is 0 Å². The molecule has 0 aromatic heterocycles. The first-order valence-electron chi connectivity index (χ1n) is 7.08. The first-order chi connectivity index (χ1) is 10.8. The second-order valence-electron chi connectivity index (χ2n) is 5.53. The molecule has 2 fully saturated rings. The van der Waals surface area contributed by atoms with Gasteiger partial charge in [-0.25, -0.2) is 0 Å². The van der Waals surface area contributed by atoms with Crippen LogP contribution < -0.4 is 0 Å². The zero-order valence-corrected chi connectivity index (χ0v) is 12.0. The van der Waals surface area contributed by atoms with E-state index in [9.17, 15) is 35.7 Å². The normalized spacial score (nSPS) is 51.7. The Morgan fingerprint density at radius 2 is 1.26 bits per heavy atom. The maximum absolute atomic E-state index is 9.94. The fourth-order valence-corrected chi connectivity index (χ4v) is 2.57. The number of hydrogen-bond acceptors (Lipinski definition) is 11. The second kappa shape index (κ2) is 7.63. The molecule has 0 amide bonds. The molecule has 10 atom stereocenters. The Balaban J connectivity index is 2.11. The zero-order valence-electron chi connectivity index (χ0n) is 12.0. The van der Waals surface area contributed by atoms with Crippen LogP contribution in [0.15, 0.2) is 0 Å². The summed E-state index contributed by atoms with van der Waals surface area (Å²) in [4.78, 5) is 0. The molecule has 2 saturated heterocycles. The van der Waals surface area contributed by atoms with E-state index in [4.69, 9.17) is 19.3 Å². The van der Waals surface area contributed by atoms with E-state index >= 15 is 0 Å². The molecular weight excluding hydrogens is 320 g/mol. The summed E-state index contributed by atoms with van der Waals surface area (Å²) in [7, 11) is 0. The highest BCUT2D eigenvalue weighted by Gasteiger charge is 2.50. The van der Waals surface area contributed by atoms with Gasteiger partial charge < -0.3 is 55.1 Å². The molecule has 0 spiro atoms. The molecule has 0 aromatic rings. The lowest BCUT2D eigenvalue weighted by molar-refractivity contribution is -0.355. The van der Waals surface area contributed by atoms with E-state index in [1.54, 1.807) is 0 Å². The standard InChI is InChI=1S/C12H22O11/c13-1-3-5(15)6(16)9(19)12(22-3)23-10-4(2-14)21-11(20)8(18)7(10)17/h3-20H,1-2H2/t3-,4-,5+,6+,7-,8-,9+,10+,11-,12+/m1/s1. The molecule has 2 rings (SSSR count). The summed E-state index contributed by atoms with van der Waals surface area (Å²) < 4.78 is 15.3. The van der Waals surface area contributed by atoms with Crippen molar-refractivity contribution in [3.63, 3.8) is 0 Å². The topological polar surface area (TPSA) is 190 Å². The quantitative estimate of drug-likeness (QED) is 0.243. The summed E-state index contributed by atoms with van der Waals surface area (Å²) in [5, 5.41) is 76.5. The molecule has 2 aliphatic rings. The van der Waals surface area contributed by atoms with E-state index in [-0.39, 0.29) is 0 Å². The van der Waals surface area contributed by atoms with Crippen LogP contribution in [-0.4, -0.2) is 115 Å². The van der Waals surface area contributed by atoms with E-state index in [1.807, 2.05) is 0 Å². The van der Waals surface area contributed by atoms with Crippen molar-refractivity contribution in [2.24, 2.45) is 0 Å². The fraction of sp³-hybridized carbons (Fsp3) is 1.00. The van der Waals surface area contributed by atoms with Gasteiger partial charge in [-0.1, -0.05) is 0 Å². The van der Waals surface area contributed by atoms with Crippen molar-refractivity contribution < 1.29 is 55.1 Å². The summed E-state index contributed by atoms with van der Waals surface area (Å²) in [6.45, 7) is -1.35. The number of aliphatic hydroxyl groups is 8. The Kier molecular flexibility index (Phi) is 6.27. The van der Waals surface area contributed by atoms with Crippen LogP contribution in [0.4, 0.5) is 0 Å². The van der Waals surface area contributed by atoms with Crippen LogP contribution in [-0.2, 0) is 14.2 Å². The van der Waals surface area contributed by atoms with Gasteiger partial charge in [-0.3, -0.25) is 0 Å². The third-order valence-corrected chi connectivity index (χ3v) is 3.98. The minimum Gasteiger partial charge on any atom is -0.394 e. The van der Waals surface area contributed by atoms with Crippen molar-refractivity contribution in [3.05, 3.63) is 0 Å². The molecule has 23 heavy (non-hydrogen) atoms. The van der Waals surface area contributed by atoms with Crippen molar-refractivity contribution in [1.82, 2.24) is 0 Å². The van der Waals surface area contributed by atoms with Gasteiger partial charge in [-0.15, -0.1) is 0 Å². The van der Waals surface area contributed by atoms with Crippen LogP contribution in [0.25, 0.3) is 0 Å². The Morgan fingerprint density at radius 3 is 1.83 bits per heavy atom. The van der Waals surface area contributed by atoms with Crippen molar-refractivity contribution >= 4 is 0 Å². The summed E-state index contributed by atoms with van der Waals surface area (Å²) in [6, 6.07) is 0. The molecular formula is C12H22O11. The van der Waals surface area contributed by atoms with Gasteiger partial charge in [0.15, 0.2) is 12.6 Å². The van der Waals surface area contributed by atoms with Crippen molar-refractivity contribution in [2.75, 3.05) is 13.2 Å². The Labute approximate surface area is 130 Å². The highest BCUT2D eigenvalue weighted by Crippen LogP contribution is 2.28. The van der Waals surface area contributed by atoms with E-state index in [0.717, 1.165) is 0 Å². The molecule has 0 unspecified atom stereocenters. The first kappa shape index (κ1) is 18.9. The van der Waals surface area contributed by atoms with Gasteiger partial charge >= 0.3 is 0 Å². The zero-order chi connectivity index (χ0) is 17.3. The van der Waals surface area contributed by atoms with Crippen LogP contribution in [0.1, 0.15) is 0 Å². The minimum absolute atomic E-state index is 0.667. The maximum atomic E-state index is 9.94. The van der Waals surface area contributed by atoms with Gasteiger partial charge in [0.25, 0.3) is 0 Å². The van der Waals surface area contributed by atoms with Gasteiger partial charge in [-0.2, -0.15) is 0 Å². The fourth-order valence-electron chi connectivity index (χ4n) is 2.57. The van der Waals surface area contributed by atoms with Crippen molar-refractivity contribution in [2.45, 2.75) is 61.4 Å². The van der Waals surface area contributed by atoms with Crippen LogP contribution in [0.5, 0.6) is 0 Å². The van der Waals surface area contributed by atoms with Crippen LogP contribution in [0.2, 0.25) is 0 Å². The summed E-state index contributed by atoms with van der Waals surface area (Å²) in [5.41, 5.74) is 0. The van der Waals surface area contributed by atoms with Crippen LogP contribution in [0.3, 0.4) is 0 Å². The van der Waals surface area contributed by atoms with Gasteiger partial charge in [0.1, 0.15) is 48.8 Å². The molecule has 0 bridgehead atoms. The third-order valence-electron chi connectivity index (χ3n) is 3.98. The number of hydrogen-bond donors (Lipinski definition) is 8. The lowest BCUT2D eigenvalue weighted by atomic mass is 9.97. The average Bonchev–Trinajstić information content (AvgIpc) is 2.55. The lowest BCUT2D eigenvalue weighted by Gasteiger charge is -2.45. The molecule has 8 N–H and O–H groups in total. The Bertz CT molecular complexity index is 378. The third kappa shape index (κ3) is 3.65. The van der Waals surface area contributed by atoms with Gasteiger partial charge in [0.2, 0.25) is 0 Å². The van der Waals surface area contributed by atoms with E-state index in [0.29, 0.717) is 0 Å². The van der Waals surface area contributed by atoms with Gasteiger partial charge in [0, 0.05) is 0 Å². The summed E-state index contributed by atoms with van der Waals surface area (Å²) in [5.74, 6) is 0. The predicted molar refractivity (Wildman–Crippen MR) is 68.6 cm³/mol. The number of rotatable bonds is 4. The number of ether oxygens (including phenoxy) is 3. The summed E-state index contributed by atoms with van der Waals surface area (Å²) >= 11 is 0. The monoisotopic (exact) mass is 342 g/mol. The second-order valence-corrected chi connectivity index (χ2v) is 5.53. The first-order valence-corrected chi connectivity index (χ1v) is 7.08. The van der Waals surface area contributed by atoms with E-state index < -0.39 is 74.6 Å². The van der Waals surface area contributed by atoms with Crippen LogP contribution in [0, 0.1) is 0 Å². The molecule has 0 radical (unpaired) electrons. The van der Waals surface area contributed by atoms with E-state index in [2.05, 4.69) is 0 Å². The molecule has 0 aliphatic carbocycles. The number of aliphatic hydroxyl groups excluding tert-OH is 8. The molecule has 136 valence electrons. The van der Waals surface area contributed by atoms with E-state index in [1.165, 1.54) is 0 Å². The molecule has 0 aromatic carbocycles. The molecule has 11 nitrogen and oxygen atoms in total. The van der Waals surface area contributed by atoms with Crippen molar-refractivity contribution in [1.29, 1.82) is 0 Å². The largest absolute Gasteiger partial charge is 0.394 e. The van der Waals surface area contributed by atoms with Gasteiger partial charge in [0.05, 0.1) is 13.2 Å². The molecule has 11 heteroatoms. The SMILES string of the molecule is OC[C@H]1O[C@@H](O[C@@H]2[C@H](O)[C@@H](O)[C@H](O)O[C@@H]2CO)[C@@H](O)[C@@H](O)[C@H]1O. The molecule has 2 aliphatic heterocycles. The Morgan fingerprint density at radius 1 is 0.652 bits per heavy atom. The van der Waals surface area contributed by atoms with Crippen molar-refractivity contribution in [3.8, 4) is 0 Å². The maximum Gasteiger partial charge on any atom is 0.187 e. The lowest BCUT2D eigenvalue weighted by Crippen LogP contribution is -2.64. The Hall–Kier alpha value is -0.440. The summed E-state index contributed by atoms with van der Waals surface area (Å²) in [6.07, 6.45) is -15.6. The smallest absolute Gasteiger partial charge is 0.187 e. The van der Waals surface area contributed by atoms with Gasteiger partial charge in [-0.05, 0) is 0 Å². The molecule has 2 heterocycles. The predicted octanol–water partition coefficient (Wildman–Crippen LogP) is -5.40. The highest BCUT2D eigenvalue weighted by molar-refractivity contribution is 4.93. The average molecular weight is 342 g/mol. The highest BCUT2D eigenvalue weighted by atomic mass is 16.7. The minimum atomic E-state index is -1.74.